The fourth-order valence-corrected chi connectivity index (χ4v) is 3.01. The minimum absolute atomic E-state index is 0.280. The molecule has 0 radical (unpaired) electrons. The van der Waals surface area contributed by atoms with E-state index in [4.69, 9.17) is 0 Å². The number of para-hydroxylation sites is 1. The van der Waals surface area contributed by atoms with Gasteiger partial charge >= 0.3 is 6.36 Å². The van der Waals surface area contributed by atoms with E-state index in [0.29, 0.717) is 17.1 Å². The van der Waals surface area contributed by atoms with Crippen molar-refractivity contribution in [2.24, 2.45) is 7.05 Å². The first-order chi connectivity index (χ1) is 14.6. The molecule has 0 unspecified atom stereocenters. The highest BCUT2D eigenvalue weighted by Gasteiger charge is 2.31. The number of halogens is 3. The van der Waals surface area contributed by atoms with E-state index in [1.807, 2.05) is 18.2 Å². The Morgan fingerprint density at radius 2 is 1.68 bits per heavy atom. The van der Waals surface area contributed by atoms with Gasteiger partial charge in [0.1, 0.15) is 17.5 Å². The molecule has 0 aliphatic heterocycles. The van der Waals surface area contributed by atoms with Crippen LogP contribution in [-0.2, 0) is 11.8 Å². The molecule has 1 aromatic heterocycles. The fourth-order valence-electron chi connectivity index (χ4n) is 3.01. The summed E-state index contributed by atoms with van der Waals surface area (Å²) in [6, 6.07) is 13.1. The van der Waals surface area contributed by atoms with E-state index in [2.05, 4.69) is 15.4 Å². The van der Waals surface area contributed by atoms with Gasteiger partial charge in [-0.15, -0.1) is 13.2 Å². The van der Waals surface area contributed by atoms with Crippen LogP contribution in [0.1, 0.15) is 12.6 Å². The Kier molecular flexibility index (Phi) is 6.09. The molecular formula is C21H21F3N4O3. The van der Waals surface area contributed by atoms with Crippen molar-refractivity contribution >= 4 is 17.3 Å². The summed E-state index contributed by atoms with van der Waals surface area (Å²) in [5.74, 6) is -0.851. The number of rotatable bonds is 6. The van der Waals surface area contributed by atoms with Gasteiger partial charge < -0.3 is 15.4 Å². The Balaban J connectivity index is 1.72. The molecule has 1 atom stereocenters. The van der Waals surface area contributed by atoms with E-state index in [-0.39, 0.29) is 11.2 Å². The lowest BCUT2D eigenvalue weighted by atomic mass is 10.2. The molecule has 0 aliphatic carbocycles. The van der Waals surface area contributed by atoms with Crippen molar-refractivity contribution in [3.8, 4) is 11.4 Å². The third-order valence-corrected chi connectivity index (χ3v) is 4.66. The number of hydrogen-bond acceptors (Lipinski definition) is 4. The molecule has 2 N–H and O–H groups in total. The van der Waals surface area contributed by atoms with E-state index >= 15 is 0 Å². The van der Waals surface area contributed by atoms with Gasteiger partial charge in [0.15, 0.2) is 0 Å². The highest BCUT2D eigenvalue weighted by Crippen LogP contribution is 2.24. The summed E-state index contributed by atoms with van der Waals surface area (Å²) in [6.07, 6.45) is -4.79. The molecule has 1 heterocycles. The number of nitrogens with zero attached hydrogens (tertiary/aromatic N) is 2. The van der Waals surface area contributed by atoms with E-state index in [0.717, 1.165) is 12.1 Å². The van der Waals surface area contributed by atoms with Crippen molar-refractivity contribution in [1.82, 2.24) is 9.36 Å². The number of carbonyl (C=O) groups excluding carboxylic acids is 1. The van der Waals surface area contributed by atoms with E-state index in [1.165, 1.54) is 16.8 Å². The monoisotopic (exact) mass is 434 g/mol. The molecular weight excluding hydrogens is 413 g/mol. The lowest BCUT2D eigenvalue weighted by molar-refractivity contribution is -0.274. The zero-order valence-electron chi connectivity index (χ0n) is 17.0. The molecule has 164 valence electrons. The number of amides is 1. The van der Waals surface area contributed by atoms with Crippen molar-refractivity contribution in [1.29, 1.82) is 0 Å². The second-order valence-electron chi connectivity index (χ2n) is 6.86. The second kappa shape index (κ2) is 8.58. The highest BCUT2D eigenvalue weighted by molar-refractivity contribution is 5.96. The van der Waals surface area contributed by atoms with Crippen LogP contribution in [0.15, 0.2) is 59.4 Å². The van der Waals surface area contributed by atoms with E-state index < -0.39 is 24.1 Å². The number of ether oxygens (including phenoxy) is 1. The first-order valence-electron chi connectivity index (χ1n) is 9.34. The SMILES string of the molecule is Cc1c(N[C@H](C)C(=O)Nc2ccc(OC(F)(F)F)cc2)c(=O)n(-c2ccccc2)n1C. The molecule has 1 amide bonds. The summed E-state index contributed by atoms with van der Waals surface area (Å²) < 4.78 is 43.7. The topological polar surface area (TPSA) is 77.3 Å². The van der Waals surface area contributed by atoms with Crippen LogP contribution in [0.5, 0.6) is 5.75 Å². The zero-order chi connectivity index (χ0) is 22.8. The molecule has 0 aliphatic rings. The number of alkyl halides is 3. The average molecular weight is 434 g/mol. The molecule has 3 aromatic rings. The van der Waals surface area contributed by atoms with E-state index in [1.54, 1.807) is 37.7 Å². The van der Waals surface area contributed by atoms with E-state index in [9.17, 15) is 22.8 Å². The summed E-state index contributed by atoms with van der Waals surface area (Å²) in [7, 11) is 1.74. The maximum absolute atomic E-state index is 12.9. The van der Waals surface area contributed by atoms with Crippen LogP contribution < -0.4 is 20.9 Å². The third kappa shape index (κ3) is 5.08. The summed E-state index contributed by atoms with van der Waals surface area (Å²) in [5, 5.41) is 5.52. The maximum atomic E-state index is 12.9. The lowest BCUT2D eigenvalue weighted by Gasteiger charge is -2.15. The van der Waals surface area contributed by atoms with Gasteiger partial charge in [0.2, 0.25) is 5.91 Å². The van der Waals surface area contributed by atoms with Crippen LogP contribution in [0.2, 0.25) is 0 Å². The number of hydrogen-bond donors (Lipinski definition) is 2. The van der Waals surface area contributed by atoms with Crippen molar-refractivity contribution in [2.75, 3.05) is 10.6 Å². The Morgan fingerprint density at radius 3 is 2.26 bits per heavy atom. The number of aromatic nitrogens is 2. The molecule has 31 heavy (non-hydrogen) atoms. The van der Waals surface area contributed by atoms with Gasteiger partial charge in [0.25, 0.3) is 5.56 Å². The molecule has 3 rings (SSSR count). The minimum atomic E-state index is -4.79. The Hall–Kier alpha value is -3.69. The Labute approximate surface area is 176 Å². The van der Waals surface area contributed by atoms with Crippen LogP contribution in [0.4, 0.5) is 24.5 Å². The van der Waals surface area contributed by atoms with Gasteiger partial charge in [-0.25, -0.2) is 4.68 Å². The standard InChI is InChI=1S/C21H21F3N4O3/c1-13(19(29)26-15-9-11-17(12-10-15)31-21(22,23)24)25-18-14(2)27(3)28(20(18)30)16-7-5-4-6-8-16/h4-13,25H,1-3H3,(H,26,29)/t13-/m1/s1. The Morgan fingerprint density at radius 1 is 1.06 bits per heavy atom. The maximum Gasteiger partial charge on any atom is 0.573 e. The fraction of sp³-hybridized carbons (Fsp3) is 0.238. The van der Waals surface area contributed by atoms with Crippen LogP contribution in [0, 0.1) is 6.92 Å². The number of anilines is 2. The first kappa shape index (κ1) is 22.0. The molecule has 10 heteroatoms. The van der Waals surface area contributed by atoms with Crippen molar-refractivity contribution < 1.29 is 22.7 Å². The number of benzene rings is 2. The predicted molar refractivity (Wildman–Crippen MR) is 111 cm³/mol. The lowest BCUT2D eigenvalue weighted by Crippen LogP contribution is -2.34. The molecule has 0 saturated carbocycles. The first-order valence-corrected chi connectivity index (χ1v) is 9.34. The molecule has 7 nitrogen and oxygen atoms in total. The smallest absolute Gasteiger partial charge is 0.406 e. The van der Waals surface area contributed by atoms with Crippen LogP contribution in [-0.4, -0.2) is 27.7 Å². The summed E-state index contributed by atoms with van der Waals surface area (Å²) >= 11 is 0. The van der Waals surface area contributed by atoms with Gasteiger partial charge in [-0.1, -0.05) is 18.2 Å². The van der Waals surface area contributed by atoms with Gasteiger partial charge in [0, 0.05) is 12.7 Å². The second-order valence-corrected chi connectivity index (χ2v) is 6.86. The molecule has 0 fully saturated rings. The normalized spacial score (nSPS) is 12.3. The third-order valence-electron chi connectivity index (χ3n) is 4.66. The average Bonchev–Trinajstić information content (AvgIpc) is 2.92. The number of nitrogens with one attached hydrogen (secondary N) is 2. The summed E-state index contributed by atoms with van der Waals surface area (Å²) in [5.41, 5.74) is 1.59. The van der Waals surface area contributed by atoms with Gasteiger partial charge in [-0.3, -0.25) is 14.3 Å². The van der Waals surface area contributed by atoms with Crippen LogP contribution in [0.25, 0.3) is 5.69 Å². The minimum Gasteiger partial charge on any atom is -0.406 e. The Bertz CT molecular complexity index is 1120. The van der Waals surface area contributed by atoms with Crippen LogP contribution >= 0.6 is 0 Å². The van der Waals surface area contributed by atoms with Crippen LogP contribution in [0.3, 0.4) is 0 Å². The molecule has 0 saturated heterocycles. The van der Waals surface area contributed by atoms with Gasteiger partial charge in [-0.2, -0.15) is 0 Å². The number of carbonyl (C=O) groups is 1. The molecule has 0 bridgehead atoms. The van der Waals surface area contributed by atoms with Gasteiger partial charge in [0.05, 0.1) is 11.4 Å². The van der Waals surface area contributed by atoms with Gasteiger partial charge in [-0.05, 0) is 50.2 Å². The predicted octanol–water partition coefficient (Wildman–Crippen LogP) is 3.82. The van der Waals surface area contributed by atoms with Crippen molar-refractivity contribution in [2.45, 2.75) is 26.3 Å². The molecule has 2 aromatic carbocycles. The quantitative estimate of drug-likeness (QED) is 0.619. The molecule has 0 spiro atoms. The van der Waals surface area contributed by atoms with Crippen molar-refractivity contribution in [3.63, 3.8) is 0 Å². The summed E-state index contributed by atoms with van der Waals surface area (Å²) in [6.45, 7) is 3.34. The van der Waals surface area contributed by atoms with Crippen molar-refractivity contribution in [3.05, 3.63) is 70.6 Å². The summed E-state index contributed by atoms with van der Waals surface area (Å²) in [4.78, 5) is 25.4. The highest BCUT2D eigenvalue weighted by atomic mass is 19.4. The zero-order valence-corrected chi connectivity index (χ0v) is 17.0. The largest absolute Gasteiger partial charge is 0.573 e.